The summed E-state index contributed by atoms with van der Waals surface area (Å²) in [5, 5.41) is 9.22. The third kappa shape index (κ3) is 4.77. The summed E-state index contributed by atoms with van der Waals surface area (Å²) < 4.78 is 13.8. The van der Waals surface area contributed by atoms with Gasteiger partial charge in [0, 0.05) is 18.8 Å². The van der Waals surface area contributed by atoms with Gasteiger partial charge in [0.1, 0.15) is 5.82 Å². The van der Waals surface area contributed by atoms with Gasteiger partial charge < -0.3 is 10.0 Å². The zero-order valence-electron chi connectivity index (χ0n) is 15.9. The highest BCUT2D eigenvalue weighted by molar-refractivity contribution is 5.89. The summed E-state index contributed by atoms with van der Waals surface area (Å²) in [5.74, 6) is -1.96. The molecule has 1 N–H and O–H groups in total. The number of anilines is 1. The number of carboxylic acid groups (broad SMARTS) is 1. The van der Waals surface area contributed by atoms with Crippen molar-refractivity contribution >= 4 is 11.7 Å². The van der Waals surface area contributed by atoms with Crippen molar-refractivity contribution in [2.75, 3.05) is 11.4 Å². The minimum Gasteiger partial charge on any atom is -0.478 e. The van der Waals surface area contributed by atoms with Crippen LogP contribution in [0.15, 0.2) is 72.8 Å². The van der Waals surface area contributed by atoms with Gasteiger partial charge in [0.05, 0.1) is 5.56 Å². The minimum atomic E-state index is -1.25. The molecule has 3 nitrogen and oxygen atoms in total. The molecule has 0 radical (unpaired) electrons. The summed E-state index contributed by atoms with van der Waals surface area (Å²) in [6, 6.07) is 22.9. The molecule has 0 saturated heterocycles. The van der Waals surface area contributed by atoms with E-state index in [0.29, 0.717) is 6.54 Å². The van der Waals surface area contributed by atoms with Crippen LogP contribution in [0.2, 0.25) is 0 Å². The standard InChI is InChI=1S/C24H24FNO2/c1-2-3-15-26(21-13-14-23(25)22(16-21)24(27)28)17-18-9-11-20(12-10-18)19-7-5-4-6-8-19/h4-14,16H,2-3,15,17H2,1H3,(H,27,28). The van der Waals surface area contributed by atoms with E-state index < -0.39 is 11.8 Å². The van der Waals surface area contributed by atoms with Crippen molar-refractivity contribution in [1.82, 2.24) is 0 Å². The molecule has 0 bridgehead atoms. The lowest BCUT2D eigenvalue weighted by molar-refractivity contribution is 0.0692. The van der Waals surface area contributed by atoms with Crippen LogP contribution in [0.1, 0.15) is 35.7 Å². The molecule has 0 unspecified atom stereocenters. The number of carbonyl (C=O) groups is 1. The van der Waals surface area contributed by atoms with Crippen molar-refractivity contribution in [3.05, 3.63) is 89.7 Å². The van der Waals surface area contributed by atoms with E-state index in [-0.39, 0.29) is 5.56 Å². The molecule has 0 aliphatic carbocycles. The number of hydrogen-bond acceptors (Lipinski definition) is 2. The van der Waals surface area contributed by atoms with E-state index in [1.165, 1.54) is 17.7 Å². The second kappa shape index (κ2) is 9.18. The van der Waals surface area contributed by atoms with Crippen LogP contribution in [0.4, 0.5) is 10.1 Å². The second-order valence-electron chi connectivity index (χ2n) is 6.81. The molecule has 0 aromatic heterocycles. The fourth-order valence-corrected chi connectivity index (χ4v) is 3.18. The first-order valence-electron chi connectivity index (χ1n) is 9.50. The molecule has 0 amide bonds. The molecular formula is C24H24FNO2. The number of aromatic carboxylic acids is 1. The Labute approximate surface area is 165 Å². The Morgan fingerprint density at radius 1 is 0.964 bits per heavy atom. The van der Waals surface area contributed by atoms with Crippen LogP contribution in [-0.2, 0) is 6.54 Å². The van der Waals surface area contributed by atoms with Crippen LogP contribution in [0, 0.1) is 5.82 Å². The molecule has 3 aromatic carbocycles. The van der Waals surface area contributed by atoms with Gasteiger partial charge in [-0.2, -0.15) is 0 Å². The lowest BCUT2D eigenvalue weighted by atomic mass is 10.0. The van der Waals surface area contributed by atoms with Gasteiger partial charge in [0.2, 0.25) is 0 Å². The van der Waals surface area contributed by atoms with E-state index in [1.54, 1.807) is 6.07 Å². The van der Waals surface area contributed by atoms with Gasteiger partial charge in [0.25, 0.3) is 0 Å². The number of hydrogen-bond donors (Lipinski definition) is 1. The maximum atomic E-state index is 13.8. The molecule has 0 saturated carbocycles. The average Bonchev–Trinajstić information content (AvgIpc) is 2.72. The molecule has 3 rings (SSSR count). The predicted octanol–water partition coefficient (Wildman–Crippen LogP) is 6.00. The Hall–Kier alpha value is -3.14. The zero-order valence-corrected chi connectivity index (χ0v) is 15.9. The molecule has 4 heteroatoms. The fourth-order valence-electron chi connectivity index (χ4n) is 3.18. The summed E-state index contributed by atoms with van der Waals surface area (Å²) >= 11 is 0. The largest absolute Gasteiger partial charge is 0.478 e. The number of unbranched alkanes of at least 4 members (excludes halogenated alkanes) is 1. The average molecular weight is 377 g/mol. The van der Waals surface area contributed by atoms with Crippen molar-refractivity contribution in [2.45, 2.75) is 26.3 Å². The molecular weight excluding hydrogens is 353 g/mol. The minimum absolute atomic E-state index is 0.293. The van der Waals surface area contributed by atoms with Crippen molar-refractivity contribution in [1.29, 1.82) is 0 Å². The van der Waals surface area contributed by atoms with Gasteiger partial charge in [-0.05, 0) is 41.3 Å². The second-order valence-corrected chi connectivity index (χ2v) is 6.81. The third-order valence-corrected chi connectivity index (χ3v) is 4.76. The molecule has 0 aliphatic rings. The summed E-state index contributed by atoms with van der Waals surface area (Å²) in [5.41, 5.74) is 3.87. The van der Waals surface area contributed by atoms with Crippen molar-refractivity contribution in [2.24, 2.45) is 0 Å². The maximum Gasteiger partial charge on any atom is 0.338 e. The van der Waals surface area contributed by atoms with Crippen molar-refractivity contribution < 1.29 is 14.3 Å². The number of carboxylic acids is 1. The van der Waals surface area contributed by atoms with Gasteiger partial charge in [-0.25, -0.2) is 9.18 Å². The topological polar surface area (TPSA) is 40.5 Å². The lowest BCUT2D eigenvalue weighted by Crippen LogP contribution is -2.24. The third-order valence-electron chi connectivity index (χ3n) is 4.76. The van der Waals surface area contributed by atoms with Gasteiger partial charge in [-0.15, -0.1) is 0 Å². The molecule has 0 aliphatic heterocycles. The summed E-state index contributed by atoms with van der Waals surface area (Å²) in [6.45, 7) is 3.53. The summed E-state index contributed by atoms with van der Waals surface area (Å²) in [4.78, 5) is 13.4. The van der Waals surface area contributed by atoms with E-state index >= 15 is 0 Å². The highest BCUT2D eigenvalue weighted by Gasteiger charge is 2.14. The zero-order chi connectivity index (χ0) is 19.9. The van der Waals surface area contributed by atoms with E-state index in [4.69, 9.17) is 0 Å². The van der Waals surface area contributed by atoms with Crippen LogP contribution in [-0.4, -0.2) is 17.6 Å². The molecule has 0 fully saturated rings. The monoisotopic (exact) mass is 377 g/mol. The van der Waals surface area contributed by atoms with Gasteiger partial charge in [0.15, 0.2) is 0 Å². The van der Waals surface area contributed by atoms with E-state index in [1.807, 2.05) is 18.2 Å². The SMILES string of the molecule is CCCCN(Cc1ccc(-c2ccccc2)cc1)c1ccc(F)c(C(=O)O)c1. The van der Waals surface area contributed by atoms with Crippen LogP contribution in [0.5, 0.6) is 0 Å². The molecule has 0 atom stereocenters. The van der Waals surface area contributed by atoms with Gasteiger partial charge in [-0.1, -0.05) is 67.9 Å². The van der Waals surface area contributed by atoms with Crippen LogP contribution in [0.25, 0.3) is 11.1 Å². The predicted molar refractivity (Wildman–Crippen MR) is 111 cm³/mol. The quantitative estimate of drug-likeness (QED) is 0.523. The Morgan fingerprint density at radius 3 is 2.29 bits per heavy atom. The highest BCUT2D eigenvalue weighted by Crippen LogP contribution is 2.24. The maximum absolute atomic E-state index is 13.8. The number of rotatable bonds is 8. The van der Waals surface area contributed by atoms with E-state index in [2.05, 4.69) is 48.2 Å². The molecule has 0 spiro atoms. The van der Waals surface area contributed by atoms with E-state index in [9.17, 15) is 14.3 Å². The summed E-state index contributed by atoms with van der Waals surface area (Å²) in [6.07, 6.45) is 2.00. The first-order valence-corrected chi connectivity index (χ1v) is 9.50. The van der Waals surface area contributed by atoms with Gasteiger partial charge in [-0.3, -0.25) is 0 Å². The first kappa shape index (κ1) is 19.6. The lowest BCUT2D eigenvalue weighted by Gasteiger charge is -2.25. The number of benzene rings is 3. The first-order chi connectivity index (χ1) is 13.6. The molecule has 144 valence electrons. The van der Waals surface area contributed by atoms with Crippen molar-refractivity contribution in [3.8, 4) is 11.1 Å². The van der Waals surface area contributed by atoms with Crippen LogP contribution in [0.3, 0.4) is 0 Å². The molecule has 28 heavy (non-hydrogen) atoms. The summed E-state index contributed by atoms with van der Waals surface area (Å²) in [7, 11) is 0. The number of nitrogens with zero attached hydrogens (tertiary/aromatic N) is 1. The van der Waals surface area contributed by atoms with Crippen LogP contribution < -0.4 is 4.90 Å². The Kier molecular flexibility index (Phi) is 6.43. The number of halogens is 1. The van der Waals surface area contributed by atoms with Gasteiger partial charge >= 0.3 is 5.97 Å². The van der Waals surface area contributed by atoms with Crippen LogP contribution >= 0.6 is 0 Å². The Bertz CT molecular complexity index is 923. The van der Waals surface area contributed by atoms with Crippen molar-refractivity contribution in [3.63, 3.8) is 0 Å². The van der Waals surface area contributed by atoms with E-state index in [0.717, 1.165) is 36.2 Å². The molecule has 3 aromatic rings. The Morgan fingerprint density at radius 2 is 1.64 bits per heavy atom. The highest BCUT2D eigenvalue weighted by atomic mass is 19.1. The normalized spacial score (nSPS) is 10.6. The smallest absolute Gasteiger partial charge is 0.338 e. The fraction of sp³-hybridized carbons (Fsp3) is 0.208. The Balaban J connectivity index is 1.83. The molecule has 0 heterocycles.